The third kappa shape index (κ3) is 5.06. The summed E-state index contributed by atoms with van der Waals surface area (Å²) < 4.78 is 11.5. The van der Waals surface area contributed by atoms with Crippen molar-refractivity contribution in [3.8, 4) is 23.0 Å². The zero-order chi connectivity index (χ0) is 39.2. The van der Waals surface area contributed by atoms with Crippen LogP contribution < -0.4 is 14.5 Å². The van der Waals surface area contributed by atoms with Crippen LogP contribution in [0.1, 0.15) is 29.9 Å². The van der Waals surface area contributed by atoms with Crippen LogP contribution in [0.3, 0.4) is 0 Å². The number of amides is 4. The first-order chi connectivity index (χ1) is 27.7. The molecule has 1 saturated carbocycles. The van der Waals surface area contributed by atoms with Crippen molar-refractivity contribution in [3.05, 3.63) is 149 Å². The van der Waals surface area contributed by atoms with Gasteiger partial charge in [-0.3, -0.25) is 24.1 Å². The number of ether oxygens (including phenoxy) is 1. The van der Waals surface area contributed by atoms with Gasteiger partial charge in [0, 0.05) is 16.5 Å². The van der Waals surface area contributed by atoms with Gasteiger partial charge in [0.1, 0.15) is 5.52 Å². The second-order valence-electron chi connectivity index (χ2n) is 15.1. The lowest BCUT2D eigenvalue weighted by molar-refractivity contribution is -0.127. The molecule has 10 nitrogen and oxygen atoms in total. The zero-order valence-electron chi connectivity index (χ0n) is 30.5. The quantitative estimate of drug-likeness (QED) is 0.132. The van der Waals surface area contributed by atoms with Crippen LogP contribution in [0.5, 0.6) is 11.5 Å². The number of imide groups is 2. The molecule has 5 aromatic carbocycles. The number of anilines is 2. The van der Waals surface area contributed by atoms with Crippen molar-refractivity contribution in [2.75, 3.05) is 16.9 Å². The van der Waals surface area contributed by atoms with Crippen LogP contribution in [-0.2, 0) is 24.6 Å². The number of para-hydroxylation sites is 2. The van der Waals surface area contributed by atoms with E-state index in [1.807, 2.05) is 60.7 Å². The summed E-state index contributed by atoms with van der Waals surface area (Å²) in [4.78, 5) is 66.6. The maximum atomic E-state index is 15.4. The van der Waals surface area contributed by atoms with Gasteiger partial charge < -0.3 is 14.3 Å². The molecule has 6 aromatic rings. The molecule has 4 amide bonds. The molecule has 1 N–H and O–H groups in total. The first-order valence-corrected chi connectivity index (χ1v) is 19.2. The van der Waals surface area contributed by atoms with Crippen molar-refractivity contribution in [2.24, 2.45) is 23.7 Å². The Balaban J connectivity index is 1.10. The molecule has 4 aliphatic rings. The van der Waals surface area contributed by atoms with E-state index in [2.05, 4.69) is 4.98 Å². The summed E-state index contributed by atoms with van der Waals surface area (Å²) in [6.45, 7) is 0. The van der Waals surface area contributed by atoms with E-state index in [1.54, 1.807) is 60.7 Å². The molecule has 282 valence electrons. The van der Waals surface area contributed by atoms with Crippen LogP contribution >= 0.6 is 11.6 Å². The van der Waals surface area contributed by atoms with Crippen molar-refractivity contribution >= 4 is 57.7 Å². The Morgan fingerprint density at radius 3 is 2.32 bits per heavy atom. The summed E-state index contributed by atoms with van der Waals surface area (Å²) in [7, 11) is 1.45. The number of phenolic OH excluding ortho intramolecular Hbond substituents is 1. The summed E-state index contributed by atoms with van der Waals surface area (Å²) in [6.07, 6.45) is 2.42. The molecule has 11 heteroatoms. The standard InChI is InChI=1S/C46H34ClN3O7/c1-56-38-22-26(16-21-36(38)51)40-31-19-20-32-39(44(54)49(42(32)52)29-17-14-25(15-18-29)41-48-35-12-5-6-13-37(35)57-41)33(31)24-34-43(53)50(30-11-7-10-28(47)23-30)45(55)46(34,40)27-8-3-2-4-9-27/h2-19,21-23,32-34,39-40,51H,20,24H2,1H3. The molecule has 2 aliphatic heterocycles. The third-order valence-corrected chi connectivity index (χ3v) is 12.6. The molecule has 3 fully saturated rings. The van der Waals surface area contributed by atoms with Crippen LogP contribution in [0.25, 0.3) is 22.6 Å². The minimum Gasteiger partial charge on any atom is -0.504 e. The van der Waals surface area contributed by atoms with Crippen LogP contribution in [0, 0.1) is 23.7 Å². The highest BCUT2D eigenvalue weighted by Crippen LogP contribution is 2.65. The predicted octanol–water partition coefficient (Wildman–Crippen LogP) is 8.23. The van der Waals surface area contributed by atoms with E-state index in [0.29, 0.717) is 44.6 Å². The van der Waals surface area contributed by atoms with Crippen LogP contribution in [0.15, 0.2) is 137 Å². The molecule has 6 atom stereocenters. The maximum Gasteiger partial charge on any atom is 0.246 e. The third-order valence-electron chi connectivity index (χ3n) is 12.4. The number of benzene rings is 5. The lowest BCUT2D eigenvalue weighted by atomic mass is 9.49. The first kappa shape index (κ1) is 34.9. The van der Waals surface area contributed by atoms with Gasteiger partial charge in [0.05, 0.1) is 41.7 Å². The van der Waals surface area contributed by atoms with E-state index in [1.165, 1.54) is 23.0 Å². The van der Waals surface area contributed by atoms with Crippen molar-refractivity contribution < 1.29 is 33.4 Å². The van der Waals surface area contributed by atoms with Crippen LogP contribution in [0.4, 0.5) is 11.4 Å². The number of oxazole rings is 1. The van der Waals surface area contributed by atoms with E-state index < -0.39 is 46.8 Å². The van der Waals surface area contributed by atoms with Crippen molar-refractivity contribution in [1.29, 1.82) is 0 Å². The molecule has 2 aliphatic carbocycles. The average Bonchev–Trinajstić information content (AvgIpc) is 3.85. The molecular weight excluding hydrogens is 742 g/mol. The summed E-state index contributed by atoms with van der Waals surface area (Å²) in [5.41, 5.74) is 3.46. The Morgan fingerprint density at radius 2 is 1.56 bits per heavy atom. The van der Waals surface area contributed by atoms with E-state index in [0.717, 1.165) is 11.1 Å². The smallest absolute Gasteiger partial charge is 0.246 e. The molecular formula is C46H34ClN3O7. The van der Waals surface area contributed by atoms with Gasteiger partial charge in [-0.25, -0.2) is 9.88 Å². The lowest BCUT2D eigenvalue weighted by Crippen LogP contribution is -2.53. The normalized spacial score (nSPS) is 25.4. The molecule has 57 heavy (non-hydrogen) atoms. The number of carbonyl (C=O) groups excluding carboxylic acids is 4. The molecule has 6 unspecified atom stereocenters. The van der Waals surface area contributed by atoms with Crippen molar-refractivity contribution in [3.63, 3.8) is 0 Å². The minimum absolute atomic E-state index is 0.0830. The Labute approximate surface area is 331 Å². The zero-order valence-corrected chi connectivity index (χ0v) is 31.3. The summed E-state index contributed by atoms with van der Waals surface area (Å²) in [5.74, 6) is -4.67. The van der Waals surface area contributed by atoms with E-state index in [4.69, 9.17) is 20.8 Å². The number of fused-ring (bicyclic) bond motifs is 5. The number of carbonyl (C=O) groups is 4. The molecule has 2 saturated heterocycles. The lowest BCUT2D eigenvalue weighted by Gasteiger charge is -2.50. The number of phenols is 1. The summed E-state index contributed by atoms with van der Waals surface area (Å²) >= 11 is 6.43. The van der Waals surface area contributed by atoms with Gasteiger partial charge in [0.2, 0.25) is 29.5 Å². The number of hydrogen-bond donors (Lipinski definition) is 1. The molecule has 0 spiro atoms. The van der Waals surface area contributed by atoms with Crippen molar-refractivity contribution in [1.82, 2.24) is 4.98 Å². The second kappa shape index (κ2) is 13.0. The average molecular weight is 776 g/mol. The highest BCUT2D eigenvalue weighted by Gasteiger charge is 2.70. The van der Waals surface area contributed by atoms with Gasteiger partial charge >= 0.3 is 0 Å². The van der Waals surface area contributed by atoms with Gasteiger partial charge in [-0.15, -0.1) is 0 Å². The van der Waals surface area contributed by atoms with E-state index >= 15 is 9.59 Å². The van der Waals surface area contributed by atoms with Crippen molar-refractivity contribution in [2.45, 2.75) is 24.2 Å². The van der Waals surface area contributed by atoms with Gasteiger partial charge in [0.15, 0.2) is 17.1 Å². The van der Waals surface area contributed by atoms with Crippen LogP contribution in [-0.4, -0.2) is 40.8 Å². The van der Waals surface area contributed by atoms with Crippen LogP contribution in [0.2, 0.25) is 5.02 Å². The SMILES string of the molecule is COc1cc(C2C3=CCC4C(=O)N(c5ccc(-c6nc7ccccc7o6)cc5)C(=O)C4C3CC3C(=O)N(c4cccc(Cl)c4)C(=O)C32c2ccccc2)ccc1O. The number of rotatable bonds is 6. The highest BCUT2D eigenvalue weighted by molar-refractivity contribution is 6.32. The number of aromatic hydroxyl groups is 1. The van der Waals surface area contributed by atoms with E-state index in [-0.39, 0.29) is 36.2 Å². The number of hydrogen-bond acceptors (Lipinski definition) is 8. The fourth-order valence-corrected chi connectivity index (χ4v) is 10.2. The fourth-order valence-electron chi connectivity index (χ4n) is 10.00. The highest BCUT2D eigenvalue weighted by atomic mass is 35.5. The first-order valence-electron chi connectivity index (χ1n) is 18.8. The number of aromatic nitrogens is 1. The number of halogens is 1. The van der Waals surface area contributed by atoms with E-state index in [9.17, 15) is 14.7 Å². The molecule has 0 radical (unpaired) electrons. The monoisotopic (exact) mass is 775 g/mol. The van der Waals surface area contributed by atoms with Gasteiger partial charge in [-0.1, -0.05) is 77.8 Å². The minimum atomic E-state index is -1.45. The maximum absolute atomic E-state index is 15.4. The molecule has 3 heterocycles. The molecule has 1 aromatic heterocycles. The summed E-state index contributed by atoms with van der Waals surface area (Å²) in [6, 6.07) is 35.4. The Kier molecular flexibility index (Phi) is 7.98. The largest absolute Gasteiger partial charge is 0.504 e. The topological polar surface area (TPSA) is 130 Å². The summed E-state index contributed by atoms with van der Waals surface area (Å²) in [5, 5.41) is 11.1. The number of methoxy groups -OCH3 is 1. The molecule has 10 rings (SSSR count). The van der Waals surface area contributed by atoms with Gasteiger partial charge in [-0.2, -0.15) is 0 Å². The second-order valence-corrected chi connectivity index (χ2v) is 15.5. The van der Waals surface area contributed by atoms with Gasteiger partial charge in [-0.05, 0) is 96.6 Å². The fraction of sp³-hybridized carbons (Fsp3) is 0.196. The number of allylic oxidation sites excluding steroid dienone is 2. The number of nitrogens with zero attached hydrogens (tertiary/aromatic N) is 3. The predicted molar refractivity (Wildman–Crippen MR) is 213 cm³/mol. The van der Waals surface area contributed by atoms with Gasteiger partial charge in [0.25, 0.3) is 0 Å². The Hall–Kier alpha value is -6.52. The Morgan fingerprint density at radius 1 is 0.789 bits per heavy atom. The molecule has 0 bridgehead atoms. The Bertz CT molecular complexity index is 2660.